The molecular formula is C14H20N2O4. The number of carboxylic acid groups (broad SMARTS) is 1. The number of methoxy groups -OCH3 is 1. The lowest BCUT2D eigenvalue weighted by molar-refractivity contribution is 0.0257. The molecular weight excluding hydrogens is 260 g/mol. The van der Waals surface area contributed by atoms with Gasteiger partial charge in [0.1, 0.15) is 0 Å². The maximum absolute atomic E-state index is 11.8. The molecule has 0 aliphatic heterocycles. The number of carbonyl (C=O) groups is 2. The Bertz CT molecular complexity index is 512. The summed E-state index contributed by atoms with van der Waals surface area (Å²) in [4.78, 5) is 23.0. The maximum Gasteiger partial charge on any atom is 0.337 e. The summed E-state index contributed by atoms with van der Waals surface area (Å²) in [7, 11) is 1.56. The first-order valence-corrected chi connectivity index (χ1v) is 6.20. The summed E-state index contributed by atoms with van der Waals surface area (Å²) in [5.41, 5.74) is 0.559. The van der Waals surface area contributed by atoms with Crippen LogP contribution in [-0.4, -0.2) is 36.4 Å². The first kappa shape index (κ1) is 16.0. The Morgan fingerprint density at radius 3 is 2.55 bits per heavy atom. The number of aryl methyl sites for hydroxylation is 1. The van der Waals surface area contributed by atoms with Gasteiger partial charge in [0.2, 0.25) is 0 Å². The first-order chi connectivity index (χ1) is 9.26. The highest BCUT2D eigenvalue weighted by atomic mass is 16.5. The standard InChI is InChI=1S/C14H20N2O4/c1-9-6-5-7-10(12(17)18)11(9)16-13(19)15-8-14(2,3)20-4/h5-7H,8H2,1-4H3,(H,17,18)(H2,15,16,19). The van der Waals surface area contributed by atoms with Crippen LogP contribution in [0, 0.1) is 6.92 Å². The number of carboxylic acids is 1. The van der Waals surface area contributed by atoms with E-state index in [4.69, 9.17) is 9.84 Å². The van der Waals surface area contributed by atoms with Crippen molar-refractivity contribution < 1.29 is 19.4 Å². The molecule has 110 valence electrons. The van der Waals surface area contributed by atoms with Crippen molar-refractivity contribution >= 4 is 17.7 Å². The van der Waals surface area contributed by atoms with E-state index in [2.05, 4.69) is 10.6 Å². The molecule has 1 aromatic rings. The SMILES string of the molecule is COC(C)(C)CNC(=O)Nc1c(C)cccc1C(=O)O. The minimum Gasteiger partial charge on any atom is -0.478 e. The number of carbonyl (C=O) groups excluding carboxylic acids is 1. The van der Waals surface area contributed by atoms with Gasteiger partial charge in [0, 0.05) is 13.7 Å². The van der Waals surface area contributed by atoms with Crippen molar-refractivity contribution in [1.29, 1.82) is 0 Å². The fourth-order valence-electron chi connectivity index (χ4n) is 1.53. The van der Waals surface area contributed by atoms with Crippen LogP contribution in [0.15, 0.2) is 18.2 Å². The number of hydrogen-bond acceptors (Lipinski definition) is 3. The van der Waals surface area contributed by atoms with Crippen LogP contribution in [0.3, 0.4) is 0 Å². The normalized spacial score (nSPS) is 11.0. The van der Waals surface area contributed by atoms with Crippen LogP contribution in [0.1, 0.15) is 29.8 Å². The largest absolute Gasteiger partial charge is 0.478 e. The molecule has 2 amide bonds. The number of para-hydroxylation sites is 1. The van der Waals surface area contributed by atoms with Crippen molar-refractivity contribution in [2.45, 2.75) is 26.4 Å². The fraction of sp³-hybridized carbons (Fsp3) is 0.429. The van der Waals surface area contributed by atoms with E-state index in [0.29, 0.717) is 17.8 Å². The number of nitrogens with one attached hydrogen (secondary N) is 2. The summed E-state index contributed by atoms with van der Waals surface area (Å²) in [6, 6.07) is 4.35. The smallest absolute Gasteiger partial charge is 0.337 e. The first-order valence-electron chi connectivity index (χ1n) is 6.20. The van der Waals surface area contributed by atoms with Crippen LogP contribution in [0.4, 0.5) is 10.5 Å². The molecule has 0 unspecified atom stereocenters. The van der Waals surface area contributed by atoms with Crippen LogP contribution in [0.25, 0.3) is 0 Å². The summed E-state index contributed by atoms with van der Waals surface area (Å²) in [6.07, 6.45) is 0. The highest BCUT2D eigenvalue weighted by molar-refractivity contribution is 6.00. The quantitative estimate of drug-likeness (QED) is 0.772. The molecule has 0 spiro atoms. The Kier molecular flexibility index (Phi) is 5.10. The fourth-order valence-corrected chi connectivity index (χ4v) is 1.53. The lowest BCUT2D eigenvalue weighted by Gasteiger charge is -2.23. The van der Waals surface area contributed by atoms with Gasteiger partial charge >= 0.3 is 12.0 Å². The summed E-state index contributed by atoms with van der Waals surface area (Å²) >= 11 is 0. The van der Waals surface area contributed by atoms with Gasteiger partial charge in [-0.3, -0.25) is 0 Å². The Hall–Kier alpha value is -2.08. The van der Waals surface area contributed by atoms with Gasteiger partial charge in [0.25, 0.3) is 0 Å². The van der Waals surface area contributed by atoms with Gasteiger partial charge in [-0.05, 0) is 32.4 Å². The predicted octanol–water partition coefficient (Wildman–Crippen LogP) is 2.24. The number of hydrogen-bond donors (Lipinski definition) is 3. The number of amides is 2. The predicted molar refractivity (Wildman–Crippen MR) is 76.2 cm³/mol. The van der Waals surface area contributed by atoms with E-state index < -0.39 is 17.6 Å². The highest BCUT2D eigenvalue weighted by Crippen LogP contribution is 2.20. The molecule has 6 nitrogen and oxygen atoms in total. The maximum atomic E-state index is 11.8. The third-order valence-corrected chi connectivity index (χ3v) is 2.97. The summed E-state index contributed by atoms with van der Waals surface area (Å²) < 4.78 is 5.19. The molecule has 3 N–H and O–H groups in total. The zero-order valence-electron chi connectivity index (χ0n) is 12.1. The summed E-state index contributed by atoms with van der Waals surface area (Å²) in [6.45, 7) is 5.72. The van der Waals surface area contributed by atoms with Crippen LogP contribution < -0.4 is 10.6 Å². The Morgan fingerprint density at radius 2 is 2.00 bits per heavy atom. The molecule has 1 aromatic carbocycles. The molecule has 0 aromatic heterocycles. The van der Waals surface area contributed by atoms with Crippen molar-refractivity contribution in [2.24, 2.45) is 0 Å². The lowest BCUT2D eigenvalue weighted by Crippen LogP contribution is -2.41. The monoisotopic (exact) mass is 280 g/mol. The molecule has 6 heteroatoms. The highest BCUT2D eigenvalue weighted by Gasteiger charge is 2.19. The minimum atomic E-state index is -1.08. The van der Waals surface area contributed by atoms with Gasteiger partial charge in [-0.2, -0.15) is 0 Å². The molecule has 0 saturated heterocycles. The Balaban J connectivity index is 2.79. The molecule has 0 bridgehead atoms. The number of anilines is 1. The summed E-state index contributed by atoms with van der Waals surface area (Å²) in [5, 5.41) is 14.3. The molecule has 0 saturated carbocycles. The van der Waals surface area contributed by atoms with Crippen LogP contribution in [0.2, 0.25) is 0 Å². The van der Waals surface area contributed by atoms with E-state index in [-0.39, 0.29) is 5.56 Å². The second-order valence-corrected chi connectivity index (χ2v) is 5.07. The molecule has 0 aliphatic carbocycles. The molecule has 1 rings (SSSR count). The number of benzene rings is 1. The van der Waals surface area contributed by atoms with E-state index >= 15 is 0 Å². The van der Waals surface area contributed by atoms with E-state index in [1.165, 1.54) is 6.07 Å². The molecule has 0 heterocycles. The molecule has 0 fully saturated rings. The van der Waals surface area contributed by atoms with Gasteiger partial charge in [-0.25, -0.2) is 9.59 Å². The summed E-state index contributed by atoms with van der Waals surface area (Å²) in [5.74, 6) is -1.08. The lowest BCUT2D eigenvalue weighted by atomic mass is 10.1. The average molecular weight is 280 g/mol. The van der Waals surface area contributed by atoms with Crippen LogP contribution in [0.5, 0.6) is 0 Å². The number of rotatable bonds is 5. The Morgan fingerprint density at radius 1 is 1.35 bits per heavy atom. The van der Waals surface area contributed by atoms with Crippen LogP contribution >= 0.6 is 0 Å². The van der Waals surface area contributed by atoms with Crippen molar-refractivity contribution in [3.05, 3.63) is 29.3 Å². The second-order valence-electron chi connectivity index (χ2n) is 5.07. The second kappa shape index (κ2) is 6.38. The number of ether oxygens (including phenoxy) is 1. The average Bonchev–Trinajstić information content (AvgIpc) is 2.38. The topological polar surface area (TPSA) is 87.7 Å². The zero-order chi connectivity index (χ0) is 15.3. The van der Waals surface area contributed by atoms with Crippen LogP contribution in [-0.2, 0) is 4.74 Å². The minimum absolute atomic E-state index is 0.0613. The molecule has 0 aliphatic rings. The number of aromatic carboxylic acids is 1. The molecule has 0 atom stereocenters. The van der Waals surface area contributed by atoms with Crippen molar-refractivity contribution in [2.75, 3.05) is 19.0 Å². The van der Waals surface area contributed by atoms with Crippen molar-refractivity contribution in [3.63, 3.8) is 0 Å². The van der Waals surface area contributed by atoms with E-state index in [9.17, 15) is 9.59 Å². The van der Waals surface area contributed by atoms with Crippen molar-refractivity contribution in [3.8, 4) is 0 Å². The van der Waals surface area contributed by atoms with Gasteiger partial charge in [-0.1, -0.05) is 12.1 Å². The van der Waals surface area contributed by atoms with E-state index in [1.54, 1.807) is 26.2 Å². The third kappa shape index (κ3) is 4.24. The van der Waals surface area contributed by atoms with Gasteiger partial charge in [-0.15, -0.1) is 0 Å². The van der Waals surface area contributed by atoms with E-state index in [0.717, 1.165) is 0 Å². The Labute approximate surface area is 118 Å². The zero-order valence-corrected chi connectivity index (χ0v) is 12.1. The van der Waals surface area contributed by atoms with Gasteiger partial charge in [0.05, 0.1) is 16.9 Å². The van der Waals surface area contributed by atoms with E-state index in [1.807, 2.05) is 13.8 Å². The molecule has 0 radical (unpaired) electrons. The molecule has 20 heavy (non-hydrogen) atoms. The van der Waals surface area contributed by atoms with Gasteiger partial charge in [0.15, 0.2) is 0 Å². The third-order valence-electron chi connectivity index (χ3n) is 2.97. The number of urea groups is 1. The van der Waals surface area contributed by atoms with Crippen molar-refractivity contribution in [1.82, 2.24) is 5.32 Å². The van der Waals surface area contributed by atoms with Gasteiger partial charge < -0.3 is 20.5 Å².